The number of hydrogen-bond donors (Lipinski definition) is 3. The van der Waals surface area contributed by atoms with Crippen LogP contribution in [0.2, 0.25) is 0 Å². The van der Waals surface area contributed by atoms with Gasteiger partial charge < -0.3 is 16.0 Å². The van der Waals surface area contributed by atoms with Crippen LogP contribution >= 0.6 is 24.4 Å². The highest BCUT2D eigenvalue weighted by atomic mass is 32.1. The Morgan fingerprint density at radius 2 is 1.33 bits per heavy atom. The summed E-state index contributed by atoms with van der Waals surface area (Å²) in [5, 5.41) is 11.4. The molecule has 3 aromatic rings. The van der Waals surface area contributed by atoms with Gasteiger partial charge in [-0.15, -0.1) is 0 Å². The summed E-state index contributed by atoms with van der Waals surface area (Å²) in [5.41, 5.74) is 4.56. The molecule has 0 saturated carbocycles. The molecule has 0 amide bonds. The van der Waals surface area contributed by atoms with Gasteiger partial charge in [0, 0.05) is 17.9 Å². The van der Waals surface area contributed by atoms with Crippen molar-refractivity contribution in [3.8, 4) is 0 Å². The lowest BCUT2D eigenvalue weighted by molar-refractivity contribution is 0.435. The summed E-state index contributed by atoms with van der Waals surface area (Å²) in [6, 6.07) is 28.6. The average Bonchev–Trinajstić information content (AvgIpc) is 2.78. The first-order valence-electron chi connectivity index (χ1n) is 10.0. The molecule has 1 unspecified atom stereocenters. The third-order valence-corrected chi connectivity index (χ3v) is 5.77. The highest BCUT2D eigenvalue weighted by Gasteiger charge is 2.25. The van der Waals surface area contributed by atoms with Crippen LogP contribution in [0.15, 0.2) is 84.9 Å². The largest absolute Gasteiger partial charge is 0.332 e. The Balaban J connectivity index is 1.57. The first-order valence-corrected chi connectivity index (χ1v) is 10.8. The van der Waals surface area contributed by atoms with E-state index in [2.05, 4.69) is 40.2 Å². The van der Waals surface area contributed by atoms with E-state index in [0.717, 1.165) is 24.3 Å². The predicted molar refractivity (Wildman–Crippen MR) is 133 cm³/mol. The molecule has 0 radical (unpaired) electrons. The van der Waals surface area contributed by atoms with Gasteiger partial charge in [0.2, 0.25) is 0 Å². The van der Waals surface area contributed by atoms with Crippen LogP contribution in [0.4, 0.5) is 11.4 Å². The molecule has 30 heavy (non-hydrogen) atoms. The monoisotopic (exact) mass is 432 g/mol. The van der Waals surface area contributed by atoms with Crippen molar-refractivity contribution in [2.45, 2.75) is 12.5 Å². The van der Waals surface area contributed by atoms with E-state index in [9.17, 15) is 0 Å². The van der Waals surface area contributed by atoms with Crippen molar-refractivity contribution < 1.29 is 0 Å². The maximum absolute atomic E-state index is 5.78. The number of hydrogen-bond acceptors (Lipinski definition) is 3. The normalized spacial score (nSPS) is 15.0. The number of thiocarbonyl (C=S) groups is 2. The van der Waals surface area contributed by atoms with Gasteiger partial charge >= 0.3 is 0 Å². The molecule has 0 aromatic heterocycles. The number of anilines is 2. The highest BCUT2D eigenvalue weighted by Crippen LogP contribution is 2.24. The van der Waals surface area contributed by atoms with Crippen LogP contribution in [-0.4, -0.2) is 28.2 Å². The van der Waals surface area contributed by atoms with Gasteiger partial charge in [-0.1, -0.05) is 60.7 Å². The summed E-state index contributed by atoms with van der Waals surface area (Å²) in [4.78, 5) is 1.96. The van der Waals surface area contributed by atoms with Crippen LogP contribution in [0.25, 0.3) is 0 Å². The Kier molecular flexibility index (Phi) is 6.69. The third kappa shape index (κ3) is 5.02. The van der Waals surface area contributed by atoms with E-state index in [1.807, 2.05) is 65.6 Å². The molecule has 152 valence electrons. The van der Waals surface area contributed by atoms with E-state index in [0.29, 0.717) is 16.8 Å². The number of nitrogens with one attached hydrogen (secondary N) is 3. The Bertz CT molecular complexity index is 954. The summed E-state index contributed by atoms with van der Waals surface area (Å²) in [6.45, 7) is 1.57. The Labute approximate surface area is 188 Å². The summed E-state index contributed by atoms with van der Waals surface area (Å²) >= 11 is 11.6. The number of nitrogens with zero attached hydrogens (tertiary/aromatic N) is 1. The molecule has 1 heterocycles. The van der Waals surface area contributed by atoms with E-state index < -0.39 is 0 Å². The Morgan fingerprint density at radius 1 is 0.800 bits per heavy atom. The van der Waals surface area contributed by atoms with Crippen molar-refractivity contribution in [1.82, 2.24) is 10.2 Å². The van der Waals surface area contributed by atoms with Crippen molar-refractivity contribution in [2.24, 2.45) is 0 Å². The average molecular weight is 433 g/mol. The molecule has 1 aliphatic rings. The fourth-order valence-corrected chi connectivity index (χ4v) is 4.25. The van der Waals surface area contributed by atoms with Gasteiger partial charge in [-0.05, 0) is 72.8 Å². The second-order valence-electron chi connectivity index (χ2n) is 7.16. The second-order valence-corrected chi connectivity index (χ2v) is 7.93. The molecule has 4 nitrogen and oxygen atoms in total. The van der Waals surface area contributed by atoms with E-state index >= 15 is 0 Å². The fraction of sp³-hybridized carbons (Fsp3) is 0.167. The maximum atomic E-state index is 5.78. The number of benzene rings is 3. The summed E-state index contributed by atoms with van der Waals surface area (Å²) < 4.78 is 0. The third-order valence-electron chi connectivity index (χ3n) is 5.12. The smallest absolute Gasteiger partial charge is 0.179 e. The van der Waals surface area contributed by atoms with Gasteiger partial charge in [0.25, 0.3) is 0 Å². The van der Waals surface area contributed by atoms with Gasteiger partial charge in [0.1, 0.15) is 0 Å². The van der Waals surface area contributed by atoms with Crippen molar-refractivity contribution in [3.05, 3.63) is 96.1 Å². The molecule has 0 fully saturated rings. The Hall–Kier alpha value is -2.80. The maximum Gasteiger partial charge on any atom is 0.179 e. The molecule has 6 heteroatoms. The molecule has 4 rings (SSSR count). The van der Waals surface area contributed by atoms with E-state index in [1.165, 1.54) is 11.1 Å². The van der Waals surface area contributed by atoms with Crippen LogP contribution in [0, 0.1) is 0 Å². The van der Waals surface area contributed by atoms with Crippen LogP contribution in [0.3, 0.4) is 0 Å². The minimum atomic E-state index is 0.140. The van der Waals surface area contributed by atoms with Crippen LogP contribution in [-0.2, 0) is 6.42 Å². The van der Waals surface area contributed by atoms with E-state index in [4.69, 9.17) is 24.4 Å². The minimum Gasteiger partial charge on any atom is -0.332 e. The zero-order valence-electron chi connectivity index (χ0n) is 16.5. The molecule has 1 aliphatic heterocycles. The molecule has 0 saturated heterocycles. The van der Waals surface area contributed by atoms with Crippen molar-refractivity contribution in [1.29, 1.82) is 0 Å². The molecule has 3 N–H and O–H groups in total. The SMILES string of the molecule is S=C(Nc1ccccc1)N(CC1NCCc2ccccc21)C(=S)Nc1ccccc1. The molecular formula is C24H24N4S2. The number of para-hydroxylation sites is 2. The molecule has 3 aromatic carbocycles. The van der Waals surface area contributed by atoms with Gasteiger partial charge in [0.05, 0.1) is 6.04 Å². The highest BCUT2D eigenvalue weighted by molar-refractivity contribution is 7.82. The topological polar surface area (TPSA) is 39.3 Å². The summed E-state index contributed by atoms with van der Waals surface area (Å²) in [7, 11) is 0. The quantitative estimate of drug-likeness (QED) is 0.506. The van der Waals surface area contributed by atoms with Crippen LogP contribution < -0.4 is 16.0 Å². The minimum absolute atomic E-state index is 0.140. The zero-order valence-corrected chi connectivity index (χ0v) is 18.2. The first kappa shape index (κ1) is 20.5. The molecule has 0 aliphatic carbocycles. The number of rotatable bonds is 4. The summed E-state index contributed by atoms with van der Waals surface area (Å²) in [6.07, 6.45) is 1.03. The van der Waals surface area contributed by atoms with Crippen molar-refractivity contribution in [2.75, 3.05) is 23.7 Å². The number of fused-ring (bicyclic) bond motifs is 1. The molecule has 0 bridgehead atoms. The molecular weight excluding hydrogens is 408 g/mol. The zero-order chi connectivity index (χ0) is 20.8. The fourth-order valence-electron chi connectivity index (χ4n) is 3.62. The van der Waals surface area contributed by atoms with E-state index in [1.54, 1.807) is 0 Å². The lowest BCUT2D eigenvalue weighted by Gasteiger charge is -2.34. The predicted octanol–water partition coefficient (Wildman–Crippen LogP) is 4.97. The second kappa shape index (κ2) is 9.80. The van der Waals surface area contributed by atoms with Gasteiger partial charge in [-0.25, -0.2) is 0 Å². The van der Waals surface area contributed by atoms with Crippen LogP contribution in [0.5, 0.6) is 0 Å². The van der Waals surface area contributed by atoms with Gasteiger partial charge in [-0.3, -0.25) is 4.90 Å². The summed E-state index contributed by atoms with van der Waals surface area (Å²) in [5.74, 6) is 0. The van der Waals surface area contributed by atoms with Crippen LogP contribution in [0.1, 0.15) is 17.2 Å². The Morgan fingerprint density at radius 3 is 1.93 bits per heavy atom. The van der Waals surface area contributed by atoms with Crippen molar-refractivity contribution >= 4 is 46.0 Å². The lowest BCUT2D eigenvalue weighted by atomic mass is 9.94. The van der Waals surface area contributed by atoms with E-state index in [-0.39, 0.29) is 6.04 Å². The van der Waals surface area contributed by atoms with Crippen molar-refractivity contribution in [3.63, 3.8) is 0 Å². The van der Waals surface area contributed by atoms with Gasteiger partial charge in [-0.2, -0.15) is 0 Å². The first-order chi connectivity index (χ1) is 14.7. The standard InChI is InChI=1S/C24H24N4S2/c29-23(26-19-10-3-1-4-11-19)28(24(30)27-20-12-5-2-6-13-20)17-22-21-14-8-7-9-18(21)15-16-25-22/h1-14,22,25H,15-17H2,(H,26,29)(H,27,30). The molecule has 0 spiro atoms. The molecule has 1 atom stereocenters. The lowest BCUT2D eigenvalue weighted by Crippen LogP contribution is -2.47. The van der Waals surface area contributed by atoms with Gasteiger partial charge in [0.15, 0.2) is 10.2 Å².